The lowest BCUT2D eigenvalue weighted by Crippen LogP contribution is -3.08. The summed E-state index contributed by atoms with van der Waals surface area (Å²) in [4.78, 5) is 19.1. The van der Waals surface area contributed by atoms with Crippen LogP contribution in [0.5, 0.6) is 5.75 Å². The highest BCUT2D eigenvalue weighted by molar-refractivity contribution is 7.14. The second-order valence-electron chi connectivity index (χ2n) is 5.70. The number of hydrogen-bond donors (Lipinski definition) is 2. The summed E-state index contributed by atoms with van der Waals surface area (Å²) in [6, 6.07) is 11.8. The van der Waals surface area contributed by atoms with Gasteiger partial charge in [-0.25, -0.2) is 4.98 Å². The third kappa shape index (κ3) is 4.88. The van der Waals surface area contributed by atoms with Crippen LogP contribution in [0.1, 0.15) is 4.88 Å². The van der Waals surface area contributed by atoms with E-state index in [2.05, 4.69) is 21.7 Å². The fraction of sp³-hybridized carbons (Fsp3) is 0.222. The van der Waals surface area contributed by atoms with Crippen LogP contribution in [0.15, 0.2) is 47.2 Å². The molecule has 0 aliphatic heterocycles. The van der Waals surface area contributed by atoms with Crippen LogP contribution in [0.25, 0.3) is 11.3 Å². The van der Waals surface area contributed by atoms with E-state index < -0.39 is 0 Å². The number of carbonyl (C=O) groups is 1. The molecule has 1 atom stereocenters. The van der Waals surface area contributed by atoms with Crippen molar-refractivity contribution in [2.45, 2.75) is 6.54 Å². The molecule has 2 heterocycles. The number of rotatable bonds is 7. The quantitative estimate of drug-likeness (QED) is 0.668. The number of ether oxygens (including phenoxy) is 1. The van der Waals surface area contributed by atoms with Gasteiger partial charge in [0.05, 0.1) is 24.7 Å². The summed E-state index contributed by atoms with van der Waals surface area (Å²) in [5.41, 5.74) is 1.85. The van der Waals surface area contributed by atoms with Crippen LogP contribution in [0.4, 0.5) is 5.13 Å². The van der Waals surface area contributed by atoms with E-state index in [0.29, 0.717) is 11.7 Å². The molecule has 0 radical (unpaired) electrons. The number of nitrogens with zero attached hydrogens (tertiary/aromatic N) is 1. The van der Waals surface area contributed by atoms with Gasteiger partial charge in [-0.1, -0.05) is 6.07 Å². The number of nitrogens with one attached hydrogen (secondary N) is 2. The zero-order valence-corrected chi connectivity index (χ0v) is 15.7. The predicted molar refractivity (Wildman–Crippen MR) is 103 cm³/mol. The largest absolute Gasteiger partial charge is 0.497 e. The predicted octanol–water partition coefficient (Wildman–Crippen LogP) is 2.53. The van der Waals surface area contributed by atoms with E-state index in [9.17, 15) is 4.79 Å². The van der Waals surface area contributed by atoms with E-state index in [-0.39, 0.29) is 5.91 Å². The van der Waals surface area contributed by atoms with E-state index in [1.165, 1.54) is 16.2 Å². The zero-order valence-electron chi connectivity index (χ0n) is 14.1. The van der Waals surface area contributed by atoms with E-state index in [1.807, 2.05) is 42.8 Å². The van der Waals surface area contributed by atoms with Crippen LogP contribution in [0, 0.1) is 0 Å². The Morgan fingerprint density at radius 2 is 2.04 bits per heavy atom. The first-order chi connectivity index (χ1) is 12.1. The van der Waals surface area contributed by atoms with Gasteiger partial charge in [0, 0.05) is 10.9 Å². The number of quaternary nitrogens is 1. The molecular weight excluding hydrogens is 354 g/mol. The first-order valence-corrected chi connectivity index (χ1v) is 9.63. The maximum absolute atomic E-state index is 12.2. The monoisotopic (exact) mass is 374 g/mol. The lowest BCUT2D eigenvalue weighted by Gasteiger charge is -2.11. The van der Waals surface area contributed by atoms with Gasteiger partial charge in [0.25, 0.3) is 5.91 Å². The summed E-state index contributed by atoms with van der Waals surface area (Å²) in [6.45, 7) is 1.26. The number of likely N-dealkylation sites (N-methyl/N-ethyl adjacent to an activating group) is 1. The number of methoxy groups -OCH3 is 1. The van der Waals surface area contributed by atoms with Crippen LogP contribution >= 0.6 is 22.7 Å². The van der Waals surface area contributed by atoms with Gasteiger partial charge in [-0.2, -0.15) is 0 Å². The lowest BCUT2D eigenvalue weighted by atomic mass is 10.2. The molecule has 1 unspecified atom stereocenters. The van der Waals surface area contributed by atoms with Crippen LogP contribution in [0.3, 0.4) is 0 Å². The van der Waals surface area contributed by atoms with Crippen molar-refractivity contribution in [3.63, 3.8) is 0 Å². The van der Waals surface area contributed by atoms with E-state index >= 15 is 0 Å². The minimum atomic E-state index is -0.0234. The van der Waals surface area contributed by atoms with Gasteiger partial charge in [-0.15, -0.1) is 22.7 Å². The molecule has 5 nitrogen and oxygen atoms in total. The Labute approximate surface area is 154 Å². The van der Waals surface area contributed by atoms with Crippen molar-refractivity contribution in [2.24, 2.45) is 0 Å². The number of thiazole rings is 1. The summed E-state index contributed by atoms with van der Waals surface area (Å²) in [5, 5.41) is 7.51. The van der Waals surface area contributed by atoms with Crippen LogP contribution in [-0.2, 0) is 11.3 Å². The number of thiophene rings is 1. The van der Waals surface area contributed by atoms with Gasteiger partial charge in [0.1, 0.15) is 12.3 Å². The molecule has 0 saturated heterocycles. The normalized spacial score (nSPS) is 11.9. The summed E-state index contributed by atoms with van der Waals surface area (Å²) in [5.74, 6) is 0.786. The second kappa shape index (κ2) is 8.24. The van der Waals surface area contributed by atoms with Gasteiger partial charge in [0.2, 0.25) is 0 Å². The third-order valence-electron chi connectivity index (χ3n) is 3.65. The minimum absolute atomic E-state index is 0.0234. The molecule has 0 fully saturated rings. The average molecular weight is 375 g/mol. The molecule has 0 spiro atoms. The van der Waals surface area contributed by atoms with E-state index in [0.717, 1.165) is 28.5 Å². The number of carbonyl (C=O) groups excluding carboxylic acids is 1. The summed E-state index contributed by atoms with van der Waals surface area (Å²) in [6.07, 6.45) is 0. The Bertz CT molecular complexity index is 813. The number of amides is 1. The van der Waals surface area contributed by atoms with Crippen molar-refractivity contribution >= 4 is 33.7 Å². The first kappa shape index (κ1) is 17.6. The van der Waals surface area contributed by atoms with Crippen LogP contribution < -0.4 is 15.0 Å². The van der Waals surface area contributed by atoms with Crippen molar-refractivity contribution < 1.29 is 14.4 Å². The fourth-order valence-corrected chi connectivity index (χ4v) is 3.99. The molecule has 2 N–H and O–H groups in total. The molecule has 130 valence electrons. The molecule has 0 aliphatic carbocycles. The van der Waals surface area contributed by atoms with Crippen LogP contribution in [0.2, 0.25) is 0 Å². The molecule has 0 aliphatic rings. The van der Waals surface area contributed by atoms with Crippen LogP contribution in [-0.4, -0.2) is 31.6 Å². The number of benzene rings is 1. The van der Waals surface area contributed by atoms with E-state index in [1.54, 1.807) is 18.4 Å². The SMILES string of the molecule is COc1ccc(-c2csc(NC(=O)C[NH+](C)Cc3cccs3)n2)cc1. The van der Waals surface area contributed by atoms with Gasteiger partial charge in [0.15, 0.2) is 11.7 Å². The van der Waals surface area contributed by atoms with Crippen molar-refractivity contribution in [1.82, 2.24) is 4.98 Å². The van der Waals surface area contributed by atoms with Gasteiger partial charge >= 0.3 is 0 Å². The Morgan fingerprint density at radius 1 is 1.24 bits per heavy atom. The maximum Gasteiger partial charge on any atom is 0.281 e. The van der Waals surface area contributed by atoms with Gasteiger partial charge in [-0.05, 0) is 35.7 Å². The molecule has 1 amide bonds. The van der Waals surface area contributed by atoms with Gasteiger partial charge < -0.3 is 9.64 Å². The lowest BCUT2D eigenvalue weighted by molar-refractivity contribution is -0.884. The molecule has 3 rings (SSSR count). The summed E-state index contributed by atoms with van der Waals surface area (Å²) >= 11 is 3.15. The summed E-state index contributed by atoms with van der Waals surface area (Å²) < 4.78 is 5.16. The highest BCUT2D eigenvalue weighted by Crippen LogP contribution is 2.26. The maximum atomic E-state index is 12.2. The molecule has 2 aromatic heterocycles. The number of aromatic nitrogens is 1. The molecule has 0 saturated carbocycles. The smallest absolute Gasteiger partial charge is 0.281 e. The Balaban J connectivity index is 1.55. The van der Waals surface area contributed by atoms with E-state index in [4.69, 9.17) is 4.74 Å². The third-order valence-corrected chi connectivity index (χ3v) is 5.29. The van der Waals surface area contributed by atoms with Crippen molar-refractivity contribution in [1.29, 1.82) is 0 Å². The standard InChI is InChI=1S/C18H19N3O2S2/c1-21(10-15-4-3-9-24-15)11-17(22)20-18-19-16(12-25-18)13-5-7-14(23-2)8-6-13/h3-9,12H,10-11H2,1-2H3,(H,19,20,22)/p+1. The number of anilines is 1. The van der Waals surface area contributed by atoms with Crippen molar-refractivity contribution in [2.75, 3.05) is 26.0 Å². The molecule has 0 bridgehead atoms. The fourth-order valence-electron chi connectivity index (χ4n) is 2.44. The Morgan fingerprint density at radius 3 is 2.72 bits per heavy atom. The molecule has 7 heteroatoms. The Kier molecular flexibility index (Phi) is 5.80. The first-order valence-electron chi connectivity index (χ1n) is 7.87. The topological polar surface area (TPSA) is 55.7 Å². The van der Waals surface area contributed by atoms with Gasteiger partial charge in [-0.3, -0.25) is 10.1 Å². The molecule has 1 aromatic carbocycles. The highest BCUT2D eigenvalue weighted by atomic mass is 32.1. The zero-order chi connectivity index (χ0) is 17.6. The highest BCUT2D eigenvalue weighted by Gasteiger charge is 2.13. The second-order valence-corrected chi connectivity index (χ2v) is 7.59. The van der Waals surface area contributed by atoms with Crippen molar-refractivity contribution in [3.8, 4) is 17.0 Å². The average Bonchev–Trinajstić information content (AvgIpc) is 3.26. The van der Waals surface area contributed by atoms with Crippen molar-refractivity contribution in [3.05, 3.63) is 52.0 Å². The molecule has 25 heavy (non-hydrogen) atoms. The molecular formula is C18H20N3O2S2+. The summed E-state index contributed by atoms with van der Waals surface area (Å²) in [7, 11) is 3.66. The number of hydrogen-bond acceptors (Lipinski definition) is 5. The Hall–Kier alpha value is -2.22. The minimum Gasteiger partial charge on any atom is -0.497 e. The molecule has 3 aromatic rings.